The Labute approximate surface area is 117 Å². The Balaban J connectivity index is 1.98. The van der Waals surface area contributed by atoms with Crippen molar-refractivity contribution in [2.24, 2.45) is 5.41 Å². The molecule has 0 unspecified atom stereocenters. The van der Waals surface area contributed by atoms with Crippen molar-refractivity contribution in [1.29, 1.82) is 0 Å². The van der Waals surface area contributed by atoms with Crippen molar-refractivity contribution in [3.8, 4) is 0 Å². The molecule has 0 radical (unpaired) electrons. The lowest BCUT2D eigenvalue weighted by Crippen LogP contribution is -2.38. The molecule has 3 nitrogen and oxygen atoms in total. The number of ether oxygens (including phenoxy) is 2. The molecule has 1 rings (SSSR count). The molecule has 108 valence electrons. The van der Waals surface area contributed by atoms with E-state index in [1.54, 1.807) is 7.11 Å². The SMILES string of the molecule is COCCCOCCNCC1(CCl)CCCCC1. The summed E-state index contributed by atoms with van der Waals surface area (Å²) < 4.78 is 10.5. The van der Waals surface area contributed by atoms with Crippen molar-refractivity contribution in [3.63, 3.8) is 0 Å². The first-order valence-corrected chi connectivity index (χ1v) is 7.70. The minimum absolute atomic E-state index is 0.343. The van der Waals surface area contributed by atoms with Crippen LogP contribution in [0.3, 0.4) is 0 Å². The van der Waals surface area contributed by atoms with Crippen LogP contribution in [0.15, 0.2) is 0 Å². The van der Waals surface area contributed by atoms with Gasteiger partial charge in [0.25, 0.3) is 0 Å². The van der Waals surface area contributed by atoms with E-state index in [1.807, 2.05) is 0 Å². The molecule has 0 heterocycles. The third-order valence-electron chi connectivity index (χ3n) is 3.76. The van der Waals surface area contributed by atoms with Gasteiger partial charge in [-0.3, -0.25) is 0 Å². The lowest BCUT2D eigenvalue weighted by Gasteiger charge is -2.35. The quantitative estimate of drug-likeness (QED) is 0.492. The van der Waals surface area contributed by atoms with Crippen molar-refractivity contribution in [2.45, 2.75) is 38.5 Å². The fraction of sp³-hybridized carbons (Fsp3) is 1.00. The van der Waals surface area contributed by atoms with E-state index in [2.05, 4.69) is 5.32 Å². The molecule has 1 N–H and O–H groups in total. The topological polar surface area (TPSA) is 30.5 Å². The third kappa shape index (κ3) is 6.37. The van der Waals surface area contributed by atoms with E-state index in [9.17, 15) is 0 Å². The van der Waals surface area contributed by atoms with Gasteiger partial charge in [0.05, 0.1) is 6.61 Å². The highest BCUT2D eigenvalue weighted by Crippen LogP contribution is 2.36. The minimum atomic E-state index is 0.343. The fourth-order valence-electron chi connectivity index (χ4n) is 2.56. The number of alkyl halides is 1. The summed E-state index contributed by atoms with van der Waals surface area (Å²) in [5.41, 5.74) is 0.343. The molecule has 0 aliphatic heterocycles. The van der Waals surface area contributed by atoms with Crippen LogP contribution in [-0.4, -0.2) is 45.9 Å². The fourth-order valence-corrected chi connectivity index (χ4v) is 2.93. The summed E-state index contributed by atoms with van der Waals surface area (Å²) in [6.07, 6.45) is 7.57. The molecule has 0 atom stereocenters. The minimum Gasteiger partial charge on any atom is -0.385 e. The second-order valence-electron chi connectivity index (χ2n) is 5.33. The average Bonchev–Trinajstić information content (AvgIpc) is 2.43. The third-order valence-corrected chi connectivity index (χ3v) is 4.32. The zero-order valence-corrected chi connectivity index (χ0v) is 12.4. The summed E-state index contributed by atoms with van der Waals surface area (Å²) in [7, 11) is 1.72. The molecule has 0 bridgehead atoms. The summed E-state index contributed by atoms with van der Waals surface area (Å²) in [6.45, 7) is 4.31. The molecule has 0 spiro atoms. The van der Waals surface area contributed by atoms with Crippen LogP contribution >= 0.6 is 11.6 Å². The highest BCUT2D eigenvalue weighted by molar-refractivity contribution is 6.18. The molecular formula is C14H28ClNO2. The Hall–Kier alpha value is 0.170. The largest absolute Gasteiger partial charge is 0.385 e. The summed E-state index contributed by atoms with van der Waals surface area (Å²) in [4.78, 5) is 0. The molecule has 0 aromatic carbocycles. The number of methoxy groups -OCH3 is 1. The molecule has 0 aromatic heterocycles. The van der Waals surface area contributed by atoms with E-state index in [1.165, 1.54) is 32.1 Å². The molecular weight excluding hydrogens is 250 g/mol. The smallest absolute Gasteiger partial charge is 0.0590 e. The standard InChI is InChI=1S/C14H28ClNO2/c1-17-9-5-10-18-11-8-16-13-14(12-15)6-3-2-4-7-14/h16H,2-13H2,1H3. The van der Waals surface area contributed by atoms with Gasteiger partial charge in [0.2, 0.25) is 0 Å². The van der Waals surface area contributed by atoms with Crippen molar-refractivity contribution in [2.75, 3.05) is 45.9 Å². The van der Waals surface area contributed by atoms with Gasteiger partial charge in [-0.25, -0.2) is 0 Å². The van der Waals surface area contributed by atoms with Crippen LogP contribution in [0.2, 0.25) is 0 Å². The molecule has 1 aliphatic carbocycles. The van der Waals surface area contributed by atoms with Crippen LogP contribution in [0.1, 0.15) is 38.5 Å². The Morgan fingerprint density at radius 2 is 1.89 bits per heavy atom. The van der Waals surface area contributed by atoms with Gasteiger partial charge in [-0.05, 0) is 24.7 Å². The molecule has 0 saturated heterocycles. The van der Waals surface area contributed by atoms with Crippen LogP contribution in [0.25, 0.3) is 0 Å². The Kier molecular flexibility index (Phi) is 9.03. The number of hydrogen-bond acceptors (Lipinski definition) is 3. The van der Waals surface area contributed by atoms with E-state index in [0.29, 0.717) is 5.41 Å². The summed E-state index contributed by atoms with van der Waals surface area (Å²) in [6, 6.07) is 0. The van der Waals surface area contributed by atoms with Gasteiger partial charge in [-0.2, -0.15) is 0 Å². The van der Waals surface area contributed by atoms with Crippen molar-refractivity contribution in [1.82, 2.24) is 5.32 Å². The van der Waals surface area contributed by atoms with Gasteiger partial charge in [-0.1, -0.05) is 19.3 Å². The van der Waals surface area contributed by atoms with Crippen LogP contribution in [0.5, 0.6) is 0 Å². The van der Waals surface area contributed by atoms with Gasteiger partial charge < -0.3 is 14.8 Å². The maximum atomic E-state index is 6.15. The summed E-state index contributed by atoms with van der Waals surface area (Å²) >= 11 is 6.15. The van der Waals surface area contributed by atoms with E-state index in [0.717, 1.165) is 45.2 Å². The summed E-state index contributed by atoms with van der Waals surface area (Å²) in [5.74, 6) is 0.786. The Morgan fingerprint density at radius 1 is 1.11 bits per heavy atom. The highest BCUT2D eigenvalue weighted by atomic mass is 35.5. The van der Waals surface area contributed by atoms with Crippen molar-refractivity contribution >= 4 is 11.6 Å². The van der Waals surface area contributed by atoms with Gasteiger partial charge in [0.15, 0.2) is 0 Å². The predicted octanol–water partition coefficient (Wildman–Crippen LogP) is 2.82. The molecule has 0 aromatic rings. The van der Waals surface area contributed by atoms with Crippen LogP contribution < -0.4 is 5.32 Å². The van der Waals surface area contributed by atoms with E-state index in [4.69, 9.17) is 21.1 Å². The van der Waals surface area contributed by atoms with E-state index < -0.39 is 0 Å². The number of nitrogens with one attached hydrogen (secondary N) is 1. The van der Waals surface area contributed by atoms with Crippen LogP contribution in [0.4, 0.5) is 0 Å². The first-order chi connectivity index (χ1) is 8.83. The molecule has 4 heteroatoms. The molecule has 18 heavy (non-hydrogen) atoms. The summed E-state index contributed by atoms with van der Waals surface area (Å²) in [5, 5.41) is 3.50. The van der Waals surface area contributed by atoms with Crippen molar-refractivity contribution < 1.29 is 9.47 Å². The van der Waals surface area contributed by atoms with Gasteiger partial charge in [0, 0.05) is 39.3 Å². The van der Waals surface area contributed by atoms with Gasteiger partial charge >= 0.3 is 0 Å². The monoisotopic (exact) mass is 277 g/mol. The van der Waals surface area contributed by atoms with E-state index in [-0.39, 0.29) is 0 Å². The number of hydrogen-bond donors (Lipinski definition) is 1. The average molecular weight is 278 g/mol. The van der Waals surface area contributed by atoms with E-state index >= 15 is 0 Å². The lowest BCUT2D eigenvalue weighted by molar-refractivity contribution is 0.101. The van der Waals surface area contributed by atoms with Crippen LogP contribution in [-0.2, 0) is 9.47 Å². The molecule has 1 saturated carbocycles. The lowest BCUT2D eigenvalue weighted by atomic mass is 9.75. The van der Waals surface area contributed by atoms with Gasteiger partial charge in [-0.15, -0.1) is 11.6 Å². The molecule has 1 aliphatic rings. The number of rotatable bonds is 10. The maximum absolute atomic E-state index is 6.15. The predicted molar refractivity (Wildman–Crippen MR) is 76.4 cm³/mol. The maximum Gasteiger partial charge on any atom is 0.0590 e. The molecule has 0 amide bonds. The zero-order chi connectivity index (χ0) is 13.1. The molecule has 1 fully saturated rings. The second kappa shape index (κ2) is 10.0. The highest BCUT2D eigenvalue weighted by Gasteiger charge is 2.30. The Bertz CT molecular complexity index is 196. The van der Waals surface area contributed by atoms with Crippen molar-refractivity contribution in [3.05, 3.63) is 0 Å². The zero-order valence-electron chi connectivity index (χ0n) is 11.7. The van der Waals surface area contributed by atoms with Crippen LogP contribution in [0, 0.1) is 5.41 Å². The first kappa shape index (κ1) is 16.2. The second-order valence-corrected chi connectivity index (χ2v) is 5.60. The van der Waals surface area contributed by atoms with Gasteiger partial charge in [0.1, 0.15) is 0 Å². The Morgan fingerprint density at radius 3 is 2.56 bits per heavy atom. The normalized spacial score (nSPS) is 19.0. The first-order valence-electron chi connectivity index (χ1n) is 7.16. The number of halogens is 1.